The second kappa shape index (κ2) is 12.1. The van der Waals surface area contributed by atoms with Gasteiger partial charge in [0.15, 0.2) is 0 Å². The molecule has 1 aromatic heterocycles. The molecule has 2 fully saturated rings. The van der Waals surface area contributed by atoms with Gasteiger partial charge in [-0.15, -0.1) is 0 Å². The fourth-order valence-corrected chi connectivity index (χ4v) is 6.00. The molecule has 2 aliphatic heterocycles. The van der Waals surface area contributed by atoms with Crippen LogP contribution in [0.25, 0.3) is 11.0 Å². The second-order valence-electron chi connectivity index (χ2n) is 13.0. The highest BCUT2D eigenvalue weighted by atomic mass is 16.6. The molecule has 42 heavy (non-hydrogen) atoms. The lowest BCUT2D eigenvalue weighted by atomic mass is 9.99. The van der Waals surface area contributed by atoms with Gasteiger partial charge < -0.3 is 23.8 Å². The summed E-state index contributed by atoms with van der Waals surface area (Å²) in [4.78, 5) is 51.2. The van der Waals surface area contributed by atoms with E-state index in [0.717, 1.165) is 43.3 Å². The fourth-order valence-electron chi connectivity index (χ4n) is 6.00. The Hall–Kier alpha value is -3.43. The summed E-state index contributed by atoms with van der Waals surface area (Å²) in [5, 5.41) is 0. The Morgan fingerprint density at radius 1 is 1.02 bits per heavy atom. The first-order valence-corrected chi connectivity index (χ1v) is 15.2. The number of aromatic nitrogens is 2. The van der Waals surface area contributed by atoms with Crippen LogP contribution in [0.1, 0.15) is 78.8 Å². The van der Waals surface area contributed by atoms with Crippen molar-refractivity contribution in [3.05, 3.63) is 23.9 Å². The Kier molecular flexibility index (Phi) is 8.62. The van der Waals surface area contributed by atoms with Crippen molar-refractivity contribution in [3.63, 3.8) is 0 Å². The molecule has 2 aromatic rings. The molecule has 0 spiro atoms. The molecular formula is C32H43N3O7. The van der Waals surface area contributed by atoms with Crippen molar-refractivity contribution in [2.24, 2.45) is 17.8 Å². The van der Waals surface area contributed by atoms with Crippen molar-refractivity contribution >= 4 is 28.9 Å². The molecule has 1 aromatic carbocycles. The van der Waals surface area contributed by atoms with Gasteiger partial charge in [-0.1, -0.05) is 26.7 Å². The predicted molar refractivity (Wildman–Crippen MR) is 155 cm³/mol. The topological polar surface area (TPSA) is 117 Å². The van der Waals surface area contributed by atoms with E-state index in [1.807, 2.05) is 25.1 Å². The molecule has 0 N–H and O–H groups in total. The van der Waals surface area contributed by atoms with Gasteiger partial charge in [0.2, 0.25) is 11.8 Å². The van der Waals surface area contributed by atoms with Crippen LogP contribution in [0.15, 0.2) is 18.2 Å². The summed E-state index contributed by atoms with van der Waals surface area (Å²) in [6, 6.07) is 4.70. The van der Waals surface area contributed by atoms with Gasteiger partial charge in [0.25, 0.3) is 0 Å². The van der Waals surface area contributed by atoms with Crippen molar-refractivity contribution in [3.8, 4) is 11.6 Å². The van der Waals surface area contributed by atoms with Gasteiger partial charge in [0.05, 0.1) is 31.1 Å². The van der Waals surface area contributed by atoms with Crippen LogP contribution >= 0.6 is 0 Å². The van der Waals surface area contributed by atoms with Crippen molar-refractivity contribution in [1.82, 2.24) is 14.9 Å². The Bertz CT molecular complexity index is 1340. The number of ether oxygens (including phenoxy) is 4. The molecule has 1 saturated carbocycles. The highest BCUT2D eigenvalue weighted by Gasteiger charge is 2.50. The minimum Gasteiger partial charge on any atom is -0.497 e. The van der Waals surface area contributed by atoms with Crippen LogP contribution in [-0.4, -0.2) is 70.2 Å². The van der Waals surface area contributed by atoms with Crippen LogP contribution in [0.4, 0.5) is 0 Å². The zero-order chi connectivity index (χ0) is 30.2. The van der Waals surface area contributed by atoms with E-state index in [1.165, 1.54) is 4.90 Å². The van der Waals surface area contributed by atoms with E-state index in [1.54, 1.807) is 34.8 Å². The van der Waals surface area contributed by atoms with E-state index < -0.39 is 35.6 Å². The fraction of sp³-hybridized carbons (Fsp3) is 0.656. The molecule has 3 heterocycles. The number of aryl methyl sites for hydroxylation is 1. The molecule has 1 saturated heterocycles. The van der Waals surface area contributed by atoms with Crippen LogP contribution in [-0.2, 0) is 30.3 Å². The lowest BCUT2D eigenvalue weighted by Gasteiger charge is -2.30. The number of hydrogen-bond acceptors (Lipinski definition) is 9. The lowest BCUT2D eigenvalue weighted by molar-refractivity contribution is -0.165. The Morgan fingerprint density at radius 2 is 1.81 bits per heavy atom. The third-order valence-electron chi connectivity index (χ3n) is 8.42. The van der Waals surface area contributed by atoms with Gasteiger partial charge in [-0.05, 0) is 64.5 Å². The molecule has 3 aliphatic rings. The number of benzene rings is 1. The van der Waals surface area contributed by atoms with Crippen LogP contribution in [0, 0.1) is 17.8 Å². The zero-order valence-corrected chi connectivity index (χ0v) is 25.6. The summed E-state index contributed by atoms with van der Waals surface area (Å²) in [5.41, 5.74) is 1.42. The van der Waals surface area contributed by atoms with Crippen molar-refractivity contribution in [2.75, 3.05) is 13.7 Å². The monoisotopic (exact) mass is 581 g/mol. The smallest absolute Gasteiger partial charge is 0.329 e. The van der Waals surface area contributed by atoms with E-state index in [4.69, 9.17) is 28.9 Å². The Balaban J connectivity index is 1.49. The predicted octanol–water partition coefficient (Wildman–Crippen LogP) is 4.65. The number of hydrogen-bond donors (Lipinski definition) is 0. The van der Waals surface area contributed by atoms with E-state index in [9.17, 15) is 14.4 Å². The summed E-state index contributed by atoms with van der Waals surface area (Å²) in [6.07, 6.45) is 4.88. The zero-order valence-electron chi connectivity index (χ0n) is 25.6. The van der Waals surface area contributed by atoms with Crippen LogP contribution < -0.4 is 9.47 Å². The molecule has 2 bridgehead atoms. The Morgan fingerprint density at radius 3 is 2.55 bits per heavy atom. The quantitative estimate of drug-likeness (QED) is 0.467. The maximum atomic E-state index is 13.8. The molecule has 6 atom stereocenters. The van der Waals surface area contributed by atoms with Gasteiger partial charge in [-0.2, -0.15) is 0 Å². The molecule has 10 nitrogen and oxygen atoms in total. The van der Waals surface area contributed by atoms with Crippen molar-refractivity contribution in [2.45, 2.75) is 103 Å². The minimum atomic E-state index is -0.868. The highest BCUT2D eigenvalue weighted by Crippen LogP contribution is 2.39. The normalized spacial score (nSPS) is 29.0. The first-order valence-electron chi connectivity index (χ1n) is 15.2. The van der Waals surface area contributed by atoms with Crippen LogP contribution in [0.3, 0.4) is 0 Å². The molecule has 0 unspecified atom stereocenters. The number of methoxy groups -OCH3 is 1. The van der Waals surface area contributed by atoms with E-state index in [-0.39, 0.29) is 30.9 Å². The summed E-state index contributed by atoms with van der Waals surface area (Å²) >= 11 is 0. The number of fused-ring (bicyclic) bond motifs is 5. The van der Waals surface area contributed by atoms with E-state index in [2.05, 4.69) is 0 Å². The van der Waals surface area contributed by atoms with Crippen molar-refractivity contribution < 1.29 is 33.3 Å². The molecule has 10 heteroatoms. The number of rotatable bonds is 2. The molecule has 0 radical (unpaired) electrons. The van der Waals surface area contributed by atoms with Gasteiger partial charge in [-0.3, -0.25) is 9.59 Å². The number of carbonyl (C=O) groups is 3. The molecule has 5 rings (SSSR count). The molecule has 228 valence electrons. The number of carbonyl (C=O) groups excluding carboxylic acids is 3. The molecular weight excluding hydrogens is 538 g/mol. The lowest BCUT2D eigenvalue weighted by Crippen LogP contribution is -2.47. The Labute approximate surface area is 247 Å². The SMILES string of the molecule is COc1ccc2nc3c(nc2c1)O[C@H]1CN(C(=O)[C@H](C)CC(=O)O[C@@H]2C[C@H]2CCCCC3)[C@H](C(=O)OC(C)(C)C)[C@@H]1C. The molecule has 1 aliphatic carbocycles. The van der Waals surface area contributed by atoms with Gasteiger partial charge >= 0.3 is 11.9 Å². The first-order chi connectivity index (χ1) is 19.9. The largest absolute Gasteiger partial charge is 0.497 e. The summed E-state index contributed by atoms with van der Waals surface area (Å²) in [7, 11) is 1.60. The minimum absolute atomic E-state index is 0.0401. The summed E-state index contributed by atoms with van der Waals surface area (Å²) in [5.74, 6) is -0.770. The van der Waals surface area contributed by atoms with E-state index >= 15 is 0 Å². The molecule has 1 amide bonds. The van der Waals surface area contributed by atoms with Crippen LogP contribution in [0.5, 0.6) is 11.6 Å². The number of nitrogens with zero attached hydrogens (tertiary/aromatic N) is 3. The summed E-state index contributed by atoms with van der Waals surface area (Å²) < 4.78 is 23.4. The van der Waals surface area contributed by atoms with Gasteiger partial charge in [-0.25, -0.2) is 14.8 Å². The maximum Gasteiger partial charge on any atom is 0.329 e. The average Bonchev–Trinajstić information content (AvgIpc) is 3.57. The van der Waals surface area contributed by atoms with Crippen molar-refractivity contribution in [1.29, 1.82) is 0 Å². The number of amides is 1. The third-order valence-corrected chi connectivity index (χ3v) is 8.42. The van der Waals surface area contributed by atoms with E-state index in [0.29, 0.717) is 29.5 Å². The second-order valence-corrected chi connectivity index (χ2v) is 13.0. The first kappa shape index (κ1) is 30.0. The van der Waals surface area contributed by atoms with Gasteiger partial charge in [0, 0.05) is 17.9 Å². The maximum absolute atomic E-state index is 13.8. The standard InChI is InChI=1S/C32H43N3O7/c1-18-14-27(36)40-25-15-20(25)10-8-7-9-11-23-29(34-24-16-21(39-6)12-13-22(24)33-23)41-26-17-35(30(18)37)28(19(26)2)31(38)42-32(3,4)5/h12-13,16,18-20,25-26,28H,7-11,14-15,17H2,1-6H3/t18-,19-,20-,25-,26+,28+/m1/s1. The third kappa shape index (κ3) is 6.79. The van der Waals surface area contributed by atoms with Crippen LogP contribution in [0.2, 0.25) is 0 Å². The summed E-state index contributed by atoms with van der Waals surface area (Å²) in [6.45, 7) is 9.14. The van der Waals surface area contributed by atoms with Gasteiger partial charge in [0.1, 0.15) is 35.3 Å². The number of esters is 2. The average molecular weight is 582 g/mol. The highest BCUT2D eigenvalue weighted by molar-refractivity contribution is 5.89.